The summed E-state index contributed by atoms with van der Waals surface area (Å²) >= 11 is 5.86. The summed E-state index contributed by atoms with van der Waals surface area (Å²) in [4.78, 5) is 33.6. The Balaban J connectivity index is 1.59. The third-order valence-electron chi connectivity index (χ3n) is 5.18. The van der Waals surface area contributed by atoms with Crippen LogP contribution in [0.25, 0.3) is 10.9 Å². The van der Waals surface area contributed by atoms with Gasteiger partial charge in [0.2, 0.25) is 0 Å². The minimum absolute atomic E-state index is 0.0150. The number of morpholine rings is 1. The van der Waals surface area contributed by atoms with Crippen molar-refractivity contribution in [3.8, 4) is 17.5 Å². The zero-order valence-corrected chi connectivity index (χ0v) is 19.7. The van der Waals surface area contributed by atoms with E-state index in [0.717, 1.165) is 4.90 Å². The van der Waals surface area contributed by atoms with Crippen LogP contribution in [0, 0.1) is 5.82 Å². The normalized spacial score (nSPS) is 13.8. The maximum absolute atomic E-state index is 14.5. The Morgan fingerprint density at radius 3 is 2.49 bits per heavy atom. The van der Waals surface area contributed by atoms with Gasteiger partial charge in [0, 0.05) is 23.0 Å². The van der Waals surface area contributed by atoms with Crippen molar-refractivity contribution in [2.24, 2.45) is 0 Å². The predicted octanol–water partition coefficient (Wildman–Crippen LogP) is 3.34. The monoisotopic (exact) mass is 504 g/mol. The molecule has 1 aliphatic rings. The average molecular weight is 505 g/mol. The number of amides is 2. The summed E-state index contributed by atoms with van der Waals surface area (Å²) in [5.41, 5.74) is 0.613. The van der Waals surface area contributed by atoms with Crippen LogP contribution in [0.15, 0.2) is 30.3 Å². The van der Waals surface area contributed by atoms with Crippen LogP contribution in [-0.4, -0.2) is 67.3 Å². The Hall–Kier alpha value is -3.70. The number of aromatic nitrogens is 2. The first-order chi connectivity index (χ1) is 16.9. The Kier molecular flexibility index (Phi) is 7.47. The second kappa shape index (κ2) is 10.7. The third-order valence-corrected chi connectivity index (χ3v) is 5.41. The van der Waals surface area contributed by atoms with Crippen molar-refractivity contribution >= 4 is 45.8 Å². The summed E-state index contributed by atoms with van der Waals surface area (Å²) in [5.74, 6) is -0.187. The van der Waals surface area contributed by atoms with Crippen LogP contribution in [0.4, 0.5) is 15.9 Å². The van der Waals surface area contributed by atoms with Crippen LogP contribution < -0.4 is 19.5 Å². The lowest BCUT2D eigenvalue weighted by molar-refractivity contribution is -0.158. The van der Waals surface area contributed by atoms with Crippen LogP contribution in [0.2, 0.25) is 5.02 Å². The van der Waals surface area contributed by atoms with Gasteiger partial charge >= 0.3 is 6.01 Å². The molecular weight excluding hydrogens is 483 g/mol. The first-order valence-electron chi connectivity index (χ1n) is 10.6. The minimum Gasteiger partial charge on any atom is -0.493 e. The van der Waals surface area contributed by atoms with Gasteiger partial charge in [-0.2, -0.15) is 9.97 Å². The Morgan fingerprint density at radius 1 is 1.09 bits per heavy atom. The number of ether oxygens (including phenoxy) is 4. The number of nitrogens with one attached hydrogen (secondary N) is 1. The number of nitrogens with zero attached hydrogens (tertiary/aromatic N) is 3. The molecule has 1 saturated heterocycles. The number of hydrogen-bond donors (Lipinski definition) is 1. The average Bonchev–Trinajstić information content (AvgIpc) is 2.84. The second-order valence-corrected chi connectivity index (χ2v) is 7.90. The van der Waals surface area contributed by atoms with Gasteiger partial charge in [0.25, 0.3) is 11.8 Å². The van der Waals surface area contributed by atoms with E-state index < -0.39 is 5.82 Å². The lowest BCUT2D eigenvalue weighted by Crippen LogP contribution is -2.46. The number of fused-ring (bicyclic) bond motifs is 1. The van der Waals surface area contributed by atoms with Gasteiger partial charge in [-0.1, -0.05) is 11.6 Å². The molecule has 0 spiro atoms. The number of hydrogen-bond acceptors (Lipinski definition) is 9. The molecule has 1 aromatic heterocycles. The summed E-state index contributed by atoms with van der Waals surface area (Å²) < 4.78 is 35.8. The van der Waals surface area contributed by atoms with Crippen molar-refractivity contribution in [2.75, 3.05) is 45.9 Å². The maximum Gasteiger partial charge on any atom is 0.318 e. The molecule has 1 fully saturated rings. The SMILES string of the molecule is COc1cc2nc(OCCCN3C(=O)COCC3=O)nc(Nc3ccc(Cl)cc3F)c2cc1OC. The molecule has 2 aromatic carbocycles. The van der Waals surface area contributed by atoms with Gasteiger partial charge in [0.05, 0.1) is 32.0 Å². The molecule has 0 saturated carbocycles. The molecule has 0 radical (unpaired) electrons. The summed E-state index contributed by atoms with van der Waals surface area (Å²) in [7, 11) is 3.00. The number of carbonyl (C=O) groups is 2. The Labute approximate surface area is 204 Å². The molecule has 4 rings (SSSR count). The predicted molar refractivity (Wildman–Crippen MR) is 125 cm³/mol. The van der Waals surface area contributed by atoms with Crippen molar-refractivity contribution in [2.45, 2.75) is 6.42 Å². The molecule has 3 aromatic rings. The molecular formula is C23H22ClFN4O6. The highest BCUT2D eigenvalue weighted by molar-refractivity contribution is 6.30. The van der Waals surface area contributed by atoms with E-state index in [4.69, 9.17) is 30.5 Å². The molecule has 1 N–H and O–H groups in total. The van der Waals surface area contributed by atoms with E-state index in [1.165, 1.54) is 26.4 Å². The highest BCUT2D eigenvalue weighted by Gasteiger charge is 2.26. The lowest BCUT2D eigenvalue weighted by Gasteiger charge is -2.24. The zero-order valence-electron chi connectivity index (χ0n) is 19.0. The van der Waals surface area contributed by atoms with Crippen LogP contribution in [-0.2, 0) is 14.3 Å². The smallest absolute Gasteiger partial charge is 0.318 e. The molecule has 2 heterocycles. The first kappa shape index (κ1) is 24.4. The molecule has 35 heavy (non-hydrogen) atoms. The number of methoxy groups -OCH3 is 2. The zero-order chi connectivity index (χ0) is 24.9. The van der Waals surface area contributed by atoms with Gasteiger partial charge in [-0.05, 0) is 30.7 Å². The fourth-order valence-electron chi connectivity index (χ4n) is 3.47. The quantitative estimate of drug-likeness (QED) is 0.346. The molecule has 184 valence electrons. The van der Waals surface area contributed by atoms with E-state index in [2.05, 4.69) is 15.3 Å². The van der Waals surface area contributed by atoms with Crippen molar-refractivity contribution in [1.82, 2.24) is 14.9 Å². The van der Waals surface area contributed by atoms with Gasteiger partial charge in [0.1, 0.15) is 24.8 Å². The summed E-state index contributed by atoms with van der Waals surface area (Å²) in [5, 5.41) is 3.75. The van der Waals surface area contributed by atoms with E-state index in [-0.39, 0.29) is 60.7 Å². The molecule has 2 amide bonds. The number of rotatable bonds is 9. The van der Waals surface area contributed by atoms with Gasteiger partial charge < -0.3 is 24.3 Å². The van der Waals surface area contributed by atoms with Gasteiger partial charge in [-0.25, -0.2) is 4.39 Å². The number of imide groups is 1. The lowest BCUT2D eigenvalue weighted by atomic mass is 10.2. The fraction of sp³-hybridized carbons (Fsp3) is 0.304. The molecule has 0 bridgehead atoms. The summed E-state index contributed by atoms with van der Waals surface area (Å²) in [6.45, 7) is 0.0656. The standard InChI is InChI=1S/C23H22ClFN4O6/c1-32-18-9-14-17(10-19(18)33-2)27-23(28-22(14)26-16-5-4-13(24)8-15(16)25)35-7-3-6-29-20(30)11-34-12-21(29)31/h4-5,8-10H,3,6-7,11-12H2,1-2H3,(H,26,27,28). The van der Waals surface area contributed by atoms with Crippen LogP contribution in [0.3, 0.4) is 0 Å². The van der Waals surface area contributed by atoms with Crippen molar-refractivity contribution in [3.63, 3.8) is 0 Å². The third kappa shape index (κ3) is 5.52. The van der Waals surface area contributed by atoms with Crippen LogP contribution in [0.5, 0.6) is 17.5 Å². The molecule has 1 aliphatic heterocycles. The van der Waals surface area contributed by atoms with Gasteiger partial charge in [0.15, 0.2) is 11.5 Å². The largest absolute Gasteiger partial charge is 0.493 e. The van der Waals surface area contributed by atoms with Crippen LogP contribution in [0.1, 0.15) is 6.42 Å². The Bertz CT molecular complexity index is 1260. The second-order valence-electron chi connectivity index (χ2n) is 7.46. The number of benzene rings is 2. The van der Waals surface area contributed by atoms with Gasteiger partial charge in [-0.15, -0.1) is 0 Å². The van der Waals surface area contributed by atoms with E-state index in [0.29, 0.717) is 28.8 Å². The van der Waals surface area contributed by atoms with E-state index in [1.54, 1.807) is 18.2 Å². The van der Waals surface area contributed by atoms with Crippen molar-refractivity contribution in [1.29, 1.82) is 0 Å². The number of anilines is 2. The van der Waals surface area contributed by atoms with E-state index in [9.17, 15) is 14.0 Å². The minimum atomic E-state index is -0.563. The fourth-order valence-corrected chi connectivity index (χ4v) is 3.63. The Morgan fingerprint density at radius 2 is 1.80 bits per heavy atom. The van der Waals surface area contributed by atoms with Crippen molar-refractivity contribution in [3.05, 3.63) is 41.2 Å². The summed E-state index contributed by atoms with van der Waals surface area (Å²) in [6.07, 6.45) is 0.361. The van der Waals surface area contributed by atoms with Gasteiger partial charge in [-0.3, -0.25) is 14.5 Å². The first-order valence-corrected chi connectivity index (χ1v) is 11.0. The molecule has 0 aliphatic carbocycles. The van der Waals surface area contributed by atoms with Crippen LogP contribution >= 0.6 is 11.6 Å². The highest BCUT2D eigenvalue weighted by atomic mass is 35.5. The number of halogens is 2. The number of carbonyl (C=O) groups excluding carboxylic acids is 2. The topological polar surface area (TPSA) is 112 Å². The molecule has 0 unspecified atom stereocenters. The van der Waals surface area contributed by atoms with Crippen molar-refractivity contribution < 1.29 is 32.9 Å². The molecule has 0 atom stereocenters. The summed E-state index contributed by atoms with van der Waals surface area (Å²) in [6, 6.07) is 7.55. The molecule has 10 nitrogen and oxygen atoms in total. The van der Waals surface area contributed by atoms with E-state index >= 15 is 0 Å². The maximum atomic E-state index is 14.5. The van der Waals surface area contributed by atoms with E-state index in [1.807, 2.05) is 0 Å². The molecule has 12 heteroatoms. The highest BCUT2D eigenvalue weighted by Crippen LogP contribution is 2.36.